The van der Waals surface area contributed by atoms with Crippen molar-refractivity contribution in [3.63, 3.8) is 0 Å². The average molecular weight is 344 g/mol. The first-order valence-electron chi connectivity index (χ1n) is 8.16. The largest absolute Gasteiger partial charge is 0.325 e. The van der Waals surface area contributed by atoms with Crippen molar-refractivity contribution in [3.8, 4) is 0 Å². The molecule has 6 heteroatoms. The van der Waals surface area contributed by atoms with Crippen LogP contribution in [0.2, 0.25) is 0 Å². The third-order valence-corrected chi connectivity index (χ3v) is 4.46. The molecule has 2 aromatic rings. The summed E-state index contributed by atoms with van der Waals surface area (Å²) in [4.78, 5) is 12.1. The lowest BCUT2D eigenvalue weighted by Gasteiger charge is -2.08. The fraction of sp³-hybridized carbons (Fsp3) is 0.389. The average Bonchev–Trinajstić information content (AvgIpc) is 2.93. The first-order valence-corrected chi connectivity index (χ1v) is 9.15. The SMILES string of the molecule is C=CCn1c(CCCC)nnc1SCC(=O)Nc1cccc(C)c1. The van der Waals surface area contributed by atoms with Crippen molar-refractivity contribution in [1.82, 2.24) is 14.8 Å². The number of thioether (sulfide) groups is 1. The van der Waals surface area contributed by atoms with Crippen LogP contribution in [0.3, 0.4) is 0 Å². The molecule has 0 saturated carbocycles. The molecule has 128 valence electrons. The molecule has 0 aliphatic carbocycles. The highest BCUT2D eigenvalue weighted by atomic mass is 32.2. The van der Waals surface area contributed by atoms with Gasteiger partial charge in [-0.25, -0.2) is 0 Å². The highest BCUT2D eigenvalue weighted by Gasteiger charge is 2.13. The highest BCUT2D eigenvalue weighted by molar-refractivity contribution is 7.99. The van der Waals surface area contributed by atoms with Gasteiger partial charge in [-0.3, -0.25) is 4.79 Å². The Kier molecular flexibility index (Phi) is 7.06. The van der Waals surface area contributed by atoms with Gasteiger partial charge in [-0.1, -0.05) is 43.3 Å². The van der Waals surface area contributed by atoms with Crippen LogP contribution < -0.4 is 5.32 Å². The molecule has 1 amide bonds. The Hall–Kier alpha value is -2.08. The maximum absolute atomic E-state index is 12.1. The zero-order chi connectivity index (χ0) is 17.4. The van der Waals surface area contributed by atoms with E-state index in [1.165, 1.54) is 11.8 Å². The second-order valence-corrected chi connectivity index (χ2v) is 6.55. The van der Waals surface area contributed by atoms with E-state index in [2.05, 4.69) is 29.0 Å². The molecule has 0 spiro atoms. The van der Waals surface area contributed by atoms with E-state index >= 15 is 0 Å². The summed E-state index contributed by atoms with van der Waals surface area (Å²) >= 11 is 1.40. The summed E-state index contributed by atoms with van der Waals surface area (Å²) in [5, 5.41) is 12.2. The zero-order valence-electron chi connectivity index (χ0n) is 14.3. The van der Waals surface area contributed by atoms with Gasteiger partial charge < -0.3 is 9.88 Å². The number of carbonyl (C=O) groups is 1. The highest BCUT2D eigenvalue weighted by Crippen LogP contribution is 2.19. The number of allylic oxidation sites excluding steroid dienone is 1. The van der Waals surface area contributed by atoms with Gasteiger partial charge in [-0.2, -0.15) is 0 Å². The molecular weight excluding hydrogens is 320 g/mol. The molecule has 0 aliphatic rings. The fourth-order valence-corrected chi connectivity index (χ4v) is 3.07. The van der Waals surface area contributed by atoms with E-state index in [-0.39, 0.29) is 5.91 Å². The Morgan fingerprint density at radius 2 is 2.25 bits per heavy atom. The minimum Gasteiger partial charge on any atom is -0.325 e. The van der Waals surface area contributed by atoms with Gasteiger partial charge >= 0.3 is 0 Å². The predicted octanol–water partition coefficient (Wildman–Crippen LogP) is 3.85. The molecule has 0 radical (unpaired) electrons. The first kappa shape index (κ1) is 18.3. The van der Waals surface area contributed by atoms with E-state index in [1.807, 2.05) is 41.8 Å². The van der Waals surface area contributed by atoms with Gasteiger partial charge in [0.1, 0.15) is 5.82 Å². The molecule has 0 bridgehead atoms. The number of hydrogen-bond acceptors (Lipinski definition) is 4. The number of aryl methyl sites for hydroxylation is 2. The van der Waals surface area contributed by atoms with E-state index in [9.17, 15) is 4.79 Å². The Labute approximate surface area is 147 Å². The van der Waals surface area contributed by atoms with Crippen LogP contribution in [-0.2, 0) is 17.8 Å². The van der Waals surface area contributed by atoms with Crippen LogP contribution in [0.5, 0.6) is 0 Å². The Morgan fingerprint density at radius 1 is 1.42 bits per heavy atom. The molecule has 0 unspecified atom stereocenters. The summed E-state index contributed by atoms with van der Waals surface area (Å²) in [5.41, 5.74) is 1.93. The Balaban J connectivity index is 1.96. The van der Waals surface area contributed by atoms with Crippen LogP contribution in [0.15, 0.2) is 42.1 Å². The monoisotopic (exact) mass is 344 g/mol. The number of rotatable bonds is 9. The Bertz CT molecular complexity index is 696. The lowest BCUT2D eigenvalue weighted by molar-refractivity contribution is -0.113. The minimum absolute atomic E-state index is 0.0474. The molecular formula is C18H24N4OS. The number of aromatic nitrogens is 3. The third kappa shape index (κ3) is 5.23. The van der Waals surface area contributed by atoms with Crippen LogP contribution in [0.1, 0.15) is 31.2 Å². The number of nitrogens with one attached hydrogen (secondary N) is 1. The molecule has 0 aliphatic heterocycles. The molecule has 5 nitrogen and oxygen atoms in total. The summed E-state index contributed by atoms with van der Waals surface area (Å²) in [6.07, 6.45) is 4.92. The van der Waals surface area contributed by atoms with Crippen molar-refractivity contribution in [2.24, 2.45) is 0 Å². The summed E-state index contributed by atoms with van der Waals surface area (Å²) < 4.78 is 2.03. The van der Waals surface area contributed by atoms with Gasteiger partial charge in [-0.05, 0) is 31.0 Å². The maximum atomic E-state index is 12.1. The van der Waals surface area contributed by atoms with Crippen molar-refractivity contribution in [2.45, 2.75) is 44.8 Å². The number of unbranched alkanes of at least 4 members (excludes halogenated alkanes) is 1. The van der Waals surface area contributed by atoms with Crippen LogP contribution in [0.4, 0.5) is 5.69 Å². The van der Waals surface area contributed by atoms with Gasteiger partial charge in [0.15, 0.2) is 5.16 Å². The van der Waals surface area contributed by atoms with Gasteiger partial charge in [0.05, 0.1) is 5.75 Å². The van der Waals surface area contributed by atoms with E-state index in [1.54, 1.807) is 0 Å². The maximum Gasteiger partial charge on any atom is 0.234 e. The van der Waals surface area contributed by atoms with E-state index in [4.69, 9.17) is 0 Å². The number of nitrogens with zero attached hydrogens (tertiary/aromatic N) is 3. The van der Waals surface area contributed by atoms with E-state index in [0.29, 0.717) is 12.3 Å². The van der Waals surface area contributed by atoms with Crippen LogP contribution in [0.25, 0.3) is 0 Å². The predicted molar refractivity (Wildman–Crippen MR) is 99.4 cm³/mol. The normalized spacial score (nSPS) is 10.6. The van der Waals surface area contributed by atoms with Gasteiger partial charge in [0.25, 0.3) is 0 Å². The second kappa shape index (κ2) is 9.27. The number of carbonyl (C=O) groups excluding carboxylic acids is 1. The second-order valence-electron chi connectivity index (χ2n) is 5.61. The molecule has 1 N–H and O–H groups in total. The van der Waals surface area contributed by atoms with Gasteiger partial charge in [0.2, 0.25) is 5.91 Å². The van der Waals surface area contributed by atoms with Crippen LogP contribution in [-0.4, -0.2) is 26.4 Å². The van der Waals surface area contributed by atoms with Crippen molar-refractivity contribution in [1.29, 1.82) is 0 Å². The summed E-state index contributed by atoms with van der Waals surface area (Å²) in [6, 6.07) is 7.77. The lowest BCUT2D eigenvalue weighted by Crippen LogP contribution is -2.14. The standard InChI is InChI=1S/C18H24N4OS/c1-4-6-10-16-20-21-18(22(16)11-5-2)24-13-17(23)19-15-9-7-8-14(3)12-15/h5,7-9,12H,2,4,6,10-11,13H2,1,3H3,(H,19,23). The smallest absolute Gasteiger partial charge is 0.234 e. The van der Waals surface area contributed by atoms with Gasteiger partial charge in [0, 0.05) is 18.7 Å². The fourth-order valence-electron chi connectivity index (χ4n) is 2.31. The zero-order valence-corrected chi connectivity index (χ0v) is 15.1. The molecule has 0 fully saturated rings. The van der Waals surface area contributed by atoms with Crippen molar-refractivity contribution in [3.05, 3.63) is 48.3 Å². The molecule has 1 heterocycles. The molecule has 24 heavy (non-hydrogen) atoms. The number of amides is 1. The van der Waals surface area contributed by atoms with Crippen molar-refractivity contribution in [2.75, 3.05) is 11.1 Å². The topological polar surface area (TPSA) is 59.8 Å². The van der Waals surface area contributed by atoms with Crippen LogP contribution in [0, 0.1) is 6.92 Å². The first-order chi connectivity index (χ1) is 11.6. The van der Waals surface area contributed by atoms with E-state index < -0.39 is 0 Å². The molecule has 1 aromatic heterocycles. The summed E-state index contributed by atoms with van der Waals surface area (Å²) in [6.45, 7) is 8.61. The molecule has 1 aromatic carbocycles. The van der Waals surface area contributed by atoms with Crippen molar-refractivity contribution < 1.29 is 4.79 Å². The minimum atomic E-state index is -0.0474. The quantitative estimate of drug-likeness (QED) is 0.554. The van der Waals surface area contributed by atoms with Gasteiger partial charge in [-0.15, -0.1) is 16.8 Å². The summed E-state index contributed by atoms with van der Waals surface area (Å²) in [7, 11) is 0. The Morgan fingerprint density at radius 3 is 2.96 bits per heavy atom. The third-order valence-electron chi connectivity index (χ3n) is 3.49. The van der Waals surface area contributed by atoms with Crippen LogP contribution >= 0.6 is 11.8 Å². The lowest BCUT2D eigenvalue weighted by atomic mass is 10.2. The number of anilines is 1. The van der Waals surface area contributed by atoms with E-state index in [0.717, 1.165) is 41.5 Å². The summed E-state index contributed by atoms with van der Waals surface area (Å²) in [5.74, 6) is 1.21. The van der Waals surface area contributed by atoms with Crippen molar-refractivity contribution >= 4 is 23.4 Å². The molecule has 2 rings (SSSR count). The molecule has 0 atom stereocenters. The number of benzene rings is 1. The number of hydrogen-bond donors (Lipinski definition) is 1. The molecule has 0 saturated heterocycles.